The lowest BCUT2D eigenvalue weighted by Gasteiger charge is -2.42. The summed E-state index contributed by atoms with van der Waals surface area (Å²) in [4.78, 5) is 14.7. The number of nitrogens with zero attached hydrogens (tertiary/aromatic N) is 1. The molecule has 2 saturated heterocycles. The number of aliphatic hydroxyl groups is 1. The third-order valence-electron chi connectivity index (χ3n) is 6.92. The largest absolute Gasteiger partial charge is 0.394 e. The van der Waals surface area contributed by atoms with Gasteiger partial charge in [-0.15, -0.1) is 0 Å². The van der Waals surface area contributed by atoms with E-state index in [0.29, 0.717) is 31.7 Å². The number of nitrogens with one attached hydrogen (secondary N) is 1. The van der Waals surface area contributed by atoms with Gasteiger partial charge in [-0.05, 0) is 62.5 Å². The summed E-state index contributed by atoms with van der Waals surface area (Å²) < 4.78 is 67.5. The molecule has 178 valence electrons. The molecule has 0 unspecified atom stereocenters. The molecule has 1 aliphatic carbocycles. The molecule has 4 N–H and O–H groups in total. The molecule has 0 aromatic heterocycles. The Bertz CT molecular complexity index is 975. The molecule has 0 spiro atoms. The maximum absolute atomic E-state index is 14.0. The number of piperidine rings is 1. The maximum atomic E-state index is 14.0. The Hall–Kier alpha value is -1.69. The summed E-state index contributed by atoms with van der Waals surface area (Å²) in [7, 11) is -3.64. The third-order valence-corrected chi connectivity index (χ3v) is 8.89. The Morgan fingerprint density at radius 2 is 1.69 bits per heavy atom. The topological polar surface area (TPSA) is 113 Å². The molecule has 32 heavy (non-hydrogen) atoms. The molecule has 1 aromatic carbocycles. The predicted molar refractivity (Wildman–Crippen MR) is 110 cm³/mol. The van der Waals surface area contributed by atoms with Gasteiger partial charge in [0.1, 0.15) is 11.9 Å². The second-order valence-corrected chi connectivity index (χ2v) is 11.2. The van der Waals surface area contributed by atoms with Crippen molar-refractivity contribution in [1.82, 2.24) is 9.62 Å². The van der Waals surface area contributed by atoms with E-state index in [2.05, 4.69) is 4.72 Å². The fourth-order valence-electron chi connectivity index (χ4n) is 5.09. The molecule has 4 atom stereocenters. The van der Waals surface area contributed by atoms with Crippen LogP contribution in [0.4, 0.5) is 13.2 Å². The van der Waals surface area contributed by atoms with Crippen LogP contribution < -0.4 is 10.5 Å². The average molecular weight is 476 g/mol. The number of rotatable bonds is 8. The minimum absolute atomic E-state index is 0.0112. The normalized spacial score (nSPS) is 27.4. The van der Waals surface area contributed by atoms with Crippen molar-refractivity contribution in [2.24, 2.45) is 11.7 Å². The van der Waals surface area contributed by atoms with Gasteiger partial charge in [0, 0.05) is 24.2 Å². The van der Waals surface area contributed by atoms with E-state index in [1.54, 1.807) is 4.90 Å². The fraction of sp³-hybridized carbons (Fsp3) is 0.667. The zero-order valence-electron chi connectivity index (χ0n) is 17.5. The number of carbonyl (C=O) groups excluding carboxylic acids is 1. The molecule has 1 aromatic rings. The van der Waals surface area contributed by atoms with Crippen LogP contribution in [0, 0.1) is 23.4 Å². The van der Waals surface area contributed by atoms with Crippen LogP contribution in [0.3, 0.4) is 0 Å². The van der Waals surface area contributed by atoms with Crippen molar-refractivity contribution in [2.75, 3.05) is 6.61 Å². The van der Waals surface area contributed by atoms with E-state index >= 15 is 0 Å². The zero-order chi connectivity index (χ0) is 23.2. The van der Waals surface area contributed by atoms with Crippen LogP contribution in [0.15, 0.2) is 12.1 Å². The highest BCUT2D eigenvalue weighted by atomic mass is 32.2. The number of sulfonamides is 1. The summed E-state index contributed by atoms with van der Waals surface area (Å²) >= 11 is 0. The minimum atomic E-state index is -3.64. The van der Waals surface area contributed by atoms with Gasteiger partial charge in [-0.1, -0.05) is 0 Å². The lowest BCUT2D eigenvalue weighted by atomic mass is 9.82. The van der Waals surface area contributed by atoms with Gasteiger partial charge in [0.2, 0.25) is 15.9 Å². The molecule has 1 saturated carbocycles. The van der Waals surface area contributed by atoms with E-state index in [4.69, 9.17) is 5.73 Å². The first kappa shape index (κ1) is 23.5. The lowest BCUT2D eigenvalue weighted by molar-refractivity contribution is -0.139. The van der Waals surface area contributed by atoms with Crippen molar-refractivity contribution in [1.29, 1.82) is 0 Å². The predicted octanol–water partition coefficient (Wildman–Crippen LogP) is 1.19. The molecule has 1 amide bonds. The number of hydrogen-bond acceptors (Lipinski definition) is 5. The molecular weight excluding hydrogens is 447 g/mol. The molecule has 4 rings (SSSR count). The van der Waals surface area contributed by atoms with E-state index in [0.717, 1.165) is 18.9 Å². The Labute approximate surface area is 185 Å². The summed E-state index contributed by atoms with van der Waals surface area (Å²) in [6.07, 6.45) is 3.69. The van der Waals surface area contributed by atoms with E-state index in [1.165, 1.54) is 0 Å². The molecular formula is C21H28F3N3O4S. The SMILES string of the molecule is N[C@H](Cc1cc(F)c(F)cc1F)C1C[C@H]2CC[C@H](C1)N2C(=O)[C@@H](CO)NS(=O)(=O)C1CC1. The van der Waals surface area contributed by atoms with Crippen molar-refractivity contribution >= 4 is 15.9 Å². The van der Waals surface area contributed by atoms with Crippen LogP contribution in [-0.2, 0) is 21.2 Å². The van der Waals surface area contributed by atoms with Gasteiger partial charge in [0.05, 0.1) is 11.9 Å². The van der Waals surface area contributed by atoms with Crippen LogP contribution in [0.5, 0.6) is 0 Å². The van der Waals surface area contributed by atoms with Gasteiger partial charge in [0.25, 0.3) is 0 Å². The van der Waals surface area contributed by atoms with Gasteiger partial charge < -0.3 is 15.7 Å². The molecule has 11 heteroatoms. The number of carbonyl (C=O) groups is 1. The summed E-state index contributed by atoms with van der Waals surface area (Å²) in [5, 5.41) is 9.17. The standard InChI is InChI=1S/C21H28F3N3O4S/c22-16-9-18(24)17(23)7-11(16)8-19(25)12-5-13-1-2-14(6-12)27(13)21(29)20(10-28)26-32(30,31)15-3-4-15/h7,9,12-15,19-20,26,28H,1-6,8,10,25H2/t13-,14-,19-,20-/m1/s1. The van der Waals surface area contributed by atoms with E-state index in [-0.39, 0.29) is 30.0 Å². The summed E-state index contributed by atoms with van der Waals surface area (Å²) in [6.45, 7) is -0.626. The van der Waals surface area contributed by atoms with E-state index in [9.17, 15) is 31.5 Å². The number of fused-ring (bicyclic) bond motifs is 2. The van der Waals surface area contributed by atoms with Crippen molar-refractivity contribution in [2.45, 2.75) is 74.4 Å². The number of hydrogen-bond donors (Lipinski definition) is 3. The van der Waals surface area contributed by atoms with Gasteiger partial charge >= 0.3 is 0 Å². The fourth-order valence-corrected chi connectivity index (χ4v) is 6.61. The van der Waals surface area contributed by atoms with Crippen LogP contribution in [0.2, 0.25) is 0 Å². The highest BCUT2D eigenvalue weighted by molar-refractivity contribution is 7.90. The number of benzene rings is 1. The second kappa shape index (κ2) is 8.92. The number of halogens is 3. The van der Waals surface area contributed by atoms with Crippen molar-refractivity contribution in [3.63, 3.8) is 0 Å². The van der Waals surface area contributed by atoms with Gasteiger partial charge in [-0.2, -0.15) is 0 Å². The Kier molecular flexibility index (Phi) is 6.54. The quantitative estimate of drug-likeness (QED) is 0.489. The first-order chi connectivity index (χ1) is 15.1. The van der Waals surface area contributed by atoms with Crippen LogP contribution in [-0.4, -0.2) is 60.4 Å². The van der Waals surface area contributed by atoms with Crippen LogP contribution in [0.25, 0.3) is 0 Å². The average Bonchev–Trinajstić information content (AvgIpc) is 3.56. The Balaban J connectivity index is 1.41. The third kappa shape index (κ3) is 4.66. The minimum Gasteiger partial charge on any atom is -0.394 e. The van der Waals surface area contributed by atoms with Gasteiger partial charge in [-0.3, -0.25) is 4.79 Å². The summed E-state index contributed by atoms with van der Waals surface area (Å²) in [5.74, 6) is -3.72. The molecule has 3 aliphatic rings. The monoisotopic (exact) mass is 475 g/mol. The van der Waals surface area contributed by atoms with Gasteiger partial charge in [0.15, 0.2) is 11.6 Å². The maximum Gasteiger partial charge on any atom is 0.243 e. The lowest BCUT2D eigenvalue weighted by Crippen LogP contribution is -2.57. The molecule has 0 radical (unpaired) electrons. The van der Waals surface area contributed by atoms with Crippen LogP contribution in [0.1, 0.15) is 44.1 Å². The summed E-state index contributed by atoms with van der Waals surface area (Å²) in [6, 6.07) is -0.699. The molecule has 7 nitrogen and oxygen atoms in total. The molecule has 2 aliphatic heterocycles. The number of aliphatic hydroxyl groups excluding tert-OH is 1. The first-order valence-electron chi connectivity index (χ1n) is 10.9. The van der Waals surface area contributed by atoms with Crippen LogP contribution >= 0.6 is 0 Å². The molecule has 2 heterocycles. The Morgan fingerprint density at radius 3 is 2.25 bits per heavy atom. The molecule has 3 fully saturated rings. The van der Waals surface area contributed by atoms with Gasteiger partial charge in [-0.25, -0.2) is 26.3 Å². The highest BCUT2D eigenvalue weighted by Gasteiger charge is 2.47. The van der Waals surface area contributed by atoms with Crippen molar-refractivity contribution in [3.05, 3.63) is 35.1 Å². The van der Waals surface area contributed by atoms with E-state index in [1.807, 2.05) is 0 Å². The second-order valence-electron chi connectivity index (χ2n) is 9.19. The molecule has 2 bridgehead atoms. The Morgan fingerprint density at radius 1 is 1.09 bits per heavy atom. The van der Waals surface area contributed by atoms with E-state index < -0.39 is 57.3 Å². The van der Waals surface area contributed by atoms with Crippen molar-refractivity contribution < 1.29 is 31.5 Å². The summed E-state index contributed by atoms with van der Waals surface area (Å²) in [5.41, 5.74) is 6.31. The van der Waals surface area contributed by atoms with Crippen molar-refractivity contribution in [3.8, 4) is 0 Å². The first-order valence-corrected chi connectivity index (χ1v) is 12.5. The smallest absolute Gasteiger partial charge is 0.243 e. The highest BCUT2D eigenvalue weighted by Crippen LogP contribution is 2.40. The zero-order valence-corrected chi connectivity index (χ0v) is 18.3. The number of amides is 1. The number of nitrogens with two attached hydrogens (primary N) is 1.